The molecular formula is C29H36BrN3O2. The lowest BCUT2D eigenvalue weighted by molar-refractivity contribution is -0.690. The number of carbonyl (C=O) groups excluding carboxylic acids is 2. The van der Waals surface area contributed by atoms with Crippen molar-refractivity contribution in [1.29, 1.82) is 0 Å². The van der Waals surface area contributed by atoms with E-state index in [1.165, 1.54) is 0 Å². The highest BCUT2D eigenvalue weighted by molar-refractivity contribution is 5.91. The zero-order valence-electron chi connectivity index (χ0n) is 21.1. The van der Waals surface area contributed by atoms with Gasteiger partial charge < -0.3 is 22.7 Å². The topological polar surface area (TPSA) is 69.0 Å². The zero-order chi connectivity index (χ0) is 24.5. The fourth-order valence-electron chi connectivity index (χ4n) is 5.59. The van der Waals surface area contributed by atoms with E-state index in [-0.39, 0.29) is 46.0 Å². The van der Waals surface area contributed by atoms with Gasteiger partial charge in [-0.1, -0.05) is 81.4 Å². The summed E-state index contributed by atoms with van der Waals surface area (Å²) in [7, 11) is 0. The fraction of sp³-hybridized carbons (Fsp3) is 0.414. The van der Waals surface area contributed by atoms with Crippen molar-refractivity contribution in [2.75, 3.05) is 0 Å². The first-order valence-electron chi connectivity index (χ1n) is 12.2. The van der Waals surface area contributed by atoms with Crippen molar-refractivity contribution in [2.24, 2.45) is 17.1 Å². The number of Topliss-reactive ketones (excluding diaryl/α,β-unsaturated/α-hetero) is 1. The zero-order valence-corrected chi connectivity index (χ0v) is 22.7. The minimum Gasteiger partial charge on any atom is -1.00 e. The number of nitrogens with zero attached hydrogens (tertiary/aromatic N) is 2. The number of imidazole rings is 1. The van der Waals surface area contributed by atoms with Gasteiger partial charge in [0.15, 0.2) is 5.78 Å². The van der Waals surface area contributed by atoms with E-state index in [1.54, 1.807) is 0 Å². The first-order chi connectivity index (χ1) is 16.2. The second-order valence-corrected chi connectivity index (χ2v) is 10.6. The van der Waals surface area contributed by atoms with Crippen LogP contribution < -0.4 is 27.3 Å². The monoisotopic (exact) mass is 537 g/mol. The van der Waals surface area contributed by atoms with Gasteiger partial charge in [-0.15, -0.1) is 0 Å². The number of aromatic nitrogens is 2. The van der Waals surface area contributed by atoms with Crippen LogP contribution in [0.15, 0.2) is 73.1 Å². The Morgan fingerprint density at radius 2 is 1.51 bits per heavy atom. The highest BCUT2D eigenvalue weighted by Crippen LogP contribution is 2.49. The lowest BCUT2D eigenvalue weighted by Gasteiger charge is -2.37. The summed E-state index contributed by atoms with van der Waals surface area (Å²) >= 11 is 0. The van der Waals surface area contributed by atoms with Gasteiger partial charge in [0.05, 0.1) is 0 Å². The van der Waals surface area contributed by atoms with Crippen molar-refractivity contribution < 1.29 is 31.1 Å². The molecule has 6 heteroatoms. The maximum absolute atomic E-state index is 13.3. The van der Waals surface area contributed by atoms with Crippen LogP contribution in [-0.2, 0) is 21.5 Å². The van der Waals surface area contributed by atoms with Gasteiger partial charge >= 0.3 is 0 Å². The predicted octanol–water partition coefficient (Wildman–Crippen LogP) is 1.52. The minimum absolute atomic E-state index is 0. The molecule has 186 valence electrons. The van der Waals surface area contributed by atoms with Crippen molar-refractivity contribution in [3.8, 4) is 0 Å². The van der Waals surface area contributed by atoms with Gasteiger partial charge in [-0.3, -0.25) is 9.59 Å². The fourth-order valence-corrected chi connectivity index (χ4v) is 5.59. The normalized spacial score (nSPS) is 18.2. The lowest BCUT2D eigenvalue weighted by atomic mass is 9.64. The van der Waals surface area contributed by atoms with Crippen LogP contribution >= 0.6 is 0 Å². The van der Waals surface area contributed by atoms with E-state index < -0.39 is 5.41 Å². The first kappa shape index (κ1) is 26.9. The Bertz CT molecular complexity index is 1130. The summed E-state index contributed by atoms with van der Waals surface area (Å²) in [4.78, 5) is 25.9. The molecule has 0 radical (unpaired) electrons. The van der Waals surface area contributed by atoms with Gasteiger partial charge in [-0.2, -0.15) is 0 Å². The average Bonchev–Trinajstić information content (AvgIpc) is 3.42. The van der Waals surface area contributed by atoms with Crippen LogP contribution in [0.2, 0.25) is 0 Å². The highest BCUT2D eigenvalue weighted by Gasteiger charge is 2.51. The number of amides is 1. The van der Waals surface area contributed by atoms with Gasteiger partial charge in [0.25, 0.3) is 5.82 Å². The van der Waals surface area contributed by atoms with E-state index in [4.69, 9.17) is 5.73 Å². The van der Waals surface area contributed by atoms with Crippen LogP contribution in [0, 0.1) is 18.3 Å². The van der Waals surface area contributed by atoms with Gasteiger partial charge in [-0.05, 0) is 36.3 Å². The number of hydrogen-bond acceptors (Lipinski definition) is 2. The van der Waals surface area contributed by atoms with E-state index in [2.05, 4.69) is 17.7 Å². The molecule has 35 heavy (non-hydrogen) atoms. The van der Waals surface area contributed by atoms with Crippen molar-refractivity contribution in [3.63, 3.8) is 0 Å². The third-order valence-corrected chi connectivity index (χ3v) is 7.60. The molecule has 1 saturated carbocycles. The van der Waals surface area contributed by atoms with E-state index in [0.717, 1.165) is 36.2 Å². The van der Waals surface area contributed by atoms with Crippen molar-refractivity contribution in [1.82, 2.24) is 4.57 Å². The van der Waals surface area contributed by atoms with Crippen LogP contribution in [0.25, 0.3) is 0 Å². The van der Waals surface area contributed by atoms with Crippen LogP contribution in [0.4, 0.5) is 0 Å². The maximum Gasteiger partial charge on any atom is 0.253 e. The van der Waals surface area contributed by atoms with Crippen LogP contribution in [-0.4, -0.2) is 16.3 Å². The Kier molecular flexibility index (Phi) is 8.05. The van der Waals surface area contributed by atoms with Crippen molar-refractivity contribution in [2.45, 2.75) is 65.0 Å². The number of halogens is 1. The summed E-state index contributed by atoms with van der Waals surface area (Å²) in [6.07, 6.45) is 6.78. The molecule has 2 N–H and O–H groups in total. The summed E-state index contributed by atoms with van der Waals surface area (Å²) in [6, 6.07) is 20.2. The molecule has 2 aromatic carbocycles. The Balaban J connectivity index is 0.00000342. The summed E-state index contributed by atoms with van der Waals surface area (Å²) in [5.41, 5.74) is 6.90. The summed E-state index contributed by atoms with van der Waals surface area (Å²) in [6.45, 7) is 8.32. The number of rotatable bonds is 7. The Morgan fingerprint density at radius 1 is 0.971 bits per heavy atom. The van der Waals surface area contributed by atoms with E-state index in [0.29, 0.717) is 6.54 Å². The van der Waals surface area contributed by atoms with Crippen molar-refractivity contribution in [3.05, 3.63) is 90.0 Å². The number of hydrogen-bond donors (Lipinski definition) is 1. The molecule has 0 aliphatic heterocycles. The van der Waals surface area contributed by atoms with E-state index in [1.807, 2.05) is 92.2 Å². The molecule has 3 aromatic rings. The van der Waals surface area contributed by atoms with Gasteiger partial charge in [0.1, 0.15) is 30.4 Å². The average molecular weight is 539 g/mol. The second kappa shape index (κ2) is 10.5. The number of nitrogens with two attached hydrogens (primary N) is 1. The lowest BCUT2D eigenvalue weighted by Crippen LogP contribution is -3.00. The van der Waals surface area contributed by atoms with Crippen LogP contribution in [0.3, 0.4) is 0 Å². The standard InChI is InChI=1S/C29H35N3O2.BrH/c1-21-31(20-26(33)28(2,3)4)17-18-32(21)25-16-15-24(19-25)29(27(30)34,22-11-7-5-8-12-22)23-13-9-6-10-14-23;/h5-14,17-18,24-25H,15-16,19-20H2,1-4H3,(H-,30,34);1H/t24-,25+;/m1./s1. The molecule has 0 bridgehead atoms. The third-order valence-electron chi connectivity index (χ3n) is 7.60. The SMILES string of the molecule is Cc1n([C@H]2CC[C@@H](C(C(N)=O)(c3ccccc3)c3ccccc3)C2)cc[n+]1CC(=O)C(C)(C)C.[Br-]. The summed E-state index contributed by atoms with van der Waals surface area (Å²) in [5, 5.41) is 0. The van der Waals surface area contributed by atoms with E-state index >= 15 is 0 Å². The maximum atomic E-state index is 13.3. The van der Waals surface area contributed by atoms with Gasteiger partial charge in [-0.25, -0.2) is 9.13 Å². The molecule has 1 amide bonds. The Labute approximate surface area is 219 Å². The molecule has 5 nitrogen and oxygen atoms in total. The van der Waals surface area contributed by atoms with Gasteiger partial charge in [0.2, 0.25) is 5.91 Å². The van der Waals surface area contributed by atoms with Gasteiger partial charge in [0, 0.05) is 12.3 Å². The van der Waals surface area contributed by atoms with E-state index in [9.17, 15) is 9.59 Å². The number of primary amides is 1. The quantitative estimate of drug-likeness (QED) is 0.464. The molecule has 1 fully saturated rings. The Morgan fingerprint density at radius 3 is 2.00 bits per heavy atom. The molecule has 0 unspecified atom stereocenters. The minimum atomic E-state index is -0.878. The molecule has 0 spiro atoms. The summed E-state index contributed by atoms with van der Waals surface area (Å²) in [5.74, 6) is 1.05. The Hall–Kier alpha value is -2.73. The number of ketones is 1. The predicted molar refractivity (Wildman–Crippen MR) is 133 cm³/mol. The highest BCUT2D eigenvalue weighted by atomic mass is 79.9. The largest absolute Gasteiger partial charge is 1.00 e. The third kappa shape index (κ3) is 4.99. The molecular weight excluding hydrogens is 502 g/mol. The van der Waals surface area contributed by atoms with Crippen LogP contribution in [0.5, 0.6) is 0 Å². The first-order valence-corrected chi connectivity index (χ1v) is 12.2. The molecule has 1 aliphatic rings. The molecule has 4 rings (SSSR count). The molecule has 2 atom stereocenters. The van der Waals surface area contributed by atoms with Crippen LogP contribution in [0.1, 0.15) is 63.0 Å². The second-order valence-electron chi connectivity index (χ2n) is 10.6. The molecule has 1 aromatic heterocycles. The van der Waals surface area contributed by atoms with Crippen molar-refractivity contribution >= 4 is 11.7 Å². The number of benzene rings is 2. The summed E-state index contributed by atoms with van der Waals surface area (Å²) < 4.78 is 4.31. The number of carbonyl (C=O) groups is 2. The molecule has 1 heterocycles. The molecule has 1 aliphatic carbocycles. The molecule has 0 saturated heterocycles. The smallest absolute Gasteiger partial charge is 0.253 e.